The van der Waals surface area contributed by atoms with Crippen LogP contribution in [0, 0.1) is 5.92 Å². The number of piperidine rings is 1. The fourth-order valence-corrected chi connectivity index (χ4v) is 4.04. The van der Waals surface area contributed by atoms with Gasteiger partial charge in [-0.1, -0.05) is 6.92 Å². The number of nitrogens with one attached hydrogen (secondary N) is 1. The van der Waals surface area contributed by atoms with Gasteiger partial charge in [0.15, 0.2) is 0 Å². The van der Waals surface area contributed by atoms with Crippen LogP contribution in [0.15, 0.2) is 0 Å². The van der Waals surface area contributed by atoms with Crippen molar-refractivity contribution in [1.82, 2.24) is 15.1 Å². The second kappa shape index (κ2) is 7.13. The topological polar surface area (TPSA) is 18.5 Å². The maximum atomic E-state index is 3.79. The van der Waals surface area contributed by atoms with Crippen molar-refractivity contribution in [2.45, 2.75) is 32.4 Å². The van der Waals surface area contributed by atoms with Gasteiger partial charge < -0.3 is 15.1 Å². The summed E-state index contributed by atoms with van der Waals surface area (Å²) in [5, 5.41) is 3.79. The minimum atomic E-state index is 0.718. The first-order valence-electron chi connectivity index (χ1n) is 7.40. The van der Waals surface area contributed by atoms with Crippen LogP contribution >= 0.6 is 11.8 Å². The number of nitrogens with zero attached hydrogens (tertiary/aromatic N) is 2. The molecule has 0 saturated carbocycles. The van der Waals surface area contributed by atoms with Crippen LogP contribution in [0.4, 0.5) is 0 Å². The quantitative estimate of drug-likeness (QED) is 0.832. The predicted molar refractivity (Wildman–Crippen MR) is 81.4 cm³/mol. The summed E-state index contributed by atoms with van der Waals surface area (Å²) in [5.41, 5.74) is 0. The van der Waals surface area contributed by atoms with Gasteiger partial charge in [-0.2, -0.15) is 11.8 Å². The molecule has 106 valence electrons. The van der Waals surface area contributed by atoms with Gasteiger partial charge in [-0.3, -0.25) is 0 Å². The molecule has 3 unspecified atom stereocenters. The van der Waals surface area contributed by atoms with E-state index in [1.54, 1.807) is 0 Å². The lowest BCUT2D eigenvalue weighted by Gasteiger charge is -2.40. The van der Waals surface area contributed by atoms with Crippen molar-refractivity contribution < 1.29 is 0 Å². The van der Waals surface area contributed by atoms with Crippen LogP contribution in [0.1, 0.15) is 20.3 Å². The van der Waals surface area contributed by atoms with Gasteiger partial charge in [-0.05, 0) is 26.3 Å². The average Bonchev–Trinajstić information content (AvgIpc) is 2.37. The molecular formula is C14H29N3S. The van der Waals surface area contributed by atoms with Gasteiger partial charge in [0.25, 0.3) is 0 Å². The van der Waals surface area contributed by atoms with Crippen LogP contribution in [0.5, 0.6) is 0 Å². The highest BCUT2D eigenvalue weighted by Crippen LogP contribution is 2.20. The third-order valence-electron chi connectivity index (χ3n) is 4.55. The Bertz CT molecular complexity index is 243. The van der Waals surface area contributed by atoms with Gasteiger partial charge in [0, 0.05) is 56.3 Å². The fraction of sp³-hybridized carbons (Fsp3) is 1.00. The summed E-state index contributed by atoms with van der Waals surface area (Å²) in [6.45, 7) is 10.9. The van der Waals surface area contributed by atoms with Crippen molar-refractivity contribution in [3.8, 4) is 0 Å². The third-order valence-corrected chi connectivity index (χ3v) is 5.49. The van der Waals surface area contributed by atoms with Crippen LogP contribution in [-0.2, 0) is 0 Å². The molecule has 18 heavy (non-hydrogen) atoms. The summed E-state index contributed by atoms with van der Waals surface area (Å²) < 4.78 is 0. The highest BCUT2D eigenvalue weighted by Gasteiger charge is 2.28. The molecule has 0 aliphatic carbocycles. The van der Waals surface area contributed by atoms with Crippen molar-refractivity contribution in [3.05, 3.63) is 0 Å². The van der Waals surface area contributed by atoms with Crippen LogP contribution in [-0.4, -0.2) is 73.2 Å². The molecule has 2 saturated heterocycles. The van der Waals surface area contributed by atoms with Crippen molar-refractivity contribution in [2.24, 2.45) is 5.92 Å². The van der Waals surface area contributed by atoms with Crippen LogP contribution in [0.3, 0.4) is 0 Å². The minimum Gasteiger partial charge on any atom is -0.312 e. The molecule has 2 aliphatic heterocycles. The summed E-state index contributed by atoms with van der Waals surface area (Å²) in [6.07, 6.45) is 1.30. The first kappa shape index (κ1) is 14.6. The molecule has 2 heterocycles. The molecule has 0 aromatic carbocycles. The largest absolute Gasteiger partial charge is 0.312 e. The Labute approximate surface area is 117 Å². The Morgan fingerprint density at radius 3 is 2.67 bits per heavy atom. The summed E-state index contributed by atoms with van der Waals surface area (Å²) in [4.78, 5) is 5.09. The Balaban J connectivity index is 1.66. The van der Waals surface area contributed by atoms with Gasteiger partial charge in [-0.25, -0.2) is 0 Å². The Hall–Kier alpha value is 0.230. The number of likely N-dealkylation sites (tertiary alicyclic amines) is 1. The summed E-state index contributed by atoms with van der Waals surface area (Å²) in [7, 11) is 2.25. The summed E-state index contributed by atoms with van der Waals surface area (Å²) in [6, 6.07) is 1.44. The normalized spacial score (nSPS) is 35.8. The molecule has 2 aliphatic rings. The van der Waals surface area contributed by atoms with Crippen LogP contribution in [0.2, 0.25) is 0 Å². The number of hydrogen-bond donors (Lipinski definition) is 1. The minimum absolute atomic E-state index is 0.718. The van der Waals surface area contributed by atoms with E-state index in [4.69, 9.17) is 0 Å². The molecule has 4 heteroatoms. The van der Waals surface area contributed by atoms with Gasteiger partial charge in [-0.15, -0.1) is 0 Å². The van der Waals surface area contributed by atoms with E-state index in [0.717, 1.165) is 24.5 Å². The van der Waals surface area contributed by atoms with Gasteiger partial charge in [0.2, 0.25) is 0 Å². The maximum absolute atomic E-state index is 3.79. The van der Waals surface area contributed by atoms with E-state index in [0.29, 0.717) is 0 Å². The molecule has 0 spiro atoms. The first-order chi connectivity index (χ1) is 8.66. The van der Waals surface area contributed by atoms with E-state index in [1.807, 2.05) is 0 Å². The molecular weight excluding hydrogens is 242 g/mol. The molecule has 0 amide bonds. The zero-order valence-electron chi connectivity index (χ0n) is 12.2. The SMILES string of the molecule is CC1CN(C)C(C)CC1NCCN1CCSCC1. The predicted octanol–water partition coefficient (Wildman–Crippen LogP) is 1.35. The fourth-order valence-electron chi connectivity index (χ4n) is 3.06. The molecule has 0 bridgehead atoms. The molecule has 2 fully saturated rings. The zero-order chi connectivity index (χ0) is 13.0. The number of rotatable bonds is 4. The highest BCUT2D eigenvalue weighted by atomic mass is 32.2. The maximum Gasteiger partial charge on any atom is 0.0120 e. The summed E-state index contributed by atoms with van der Waals surface area (Å²) >= 11 is 2.09. The van der Waals surface area contributed by atoms with Crippen molar-refractivity contribution >= 4 is 11.8 Å². The van der Waals surface area contributed by atoms with E-state index < -0.39 is 0 Å². The average molecular weight is 271 g/mol. The van der Waals surface area contributed by atoms with E-state index in [-0.39, 0.29) is 0 Å². The zero-order valence-corrected chi connectivity index (χ0v) is 13.0. The van der Waals surface area contributed by atoms with Crippen molar-refractivity contribution in [3.63, 3.8) is 0 Å². The molecule has 0 aromatic rings. The van der Waals surface area contributed by atoms with E-state index in [9.17, 15) is 0 Å². The summed E-state index contributed by atoms with van der Waals surface area (Å²) in [5.74, 6) is 3.42. The Morgan fingerprint density at radius 2 is 1.94 bits per heavy atom. The molecule has 1 N–H and O–H groups in total. The van der Waals surface area contributed by atoms with E-state index in [2.05, 4.69) is 47.8 Å². The molecule has 3 nitrogen and oxygen atoms in total. The second-order valence-electron chi connectivity index (χ2n) is 6.02. The smallest absolute Gasteiger partial charge is 0.0120 e. The molecule has 3 atom stereocenters. The second-order valence-corrected chi connectivity index (χ2v) is 7.24. The Kier molecular flexibility index (Phi) is 5.80. The molecule has 2 rings (SSSR count). The standard InChI is InChI=1S/C14H29N3S/c1-12-11-16(3)13(2)10-14(12)15-4-5-17-6-8-18-9-7-17/h12-15H,4-11H2,1-3H3. The lowest BCUT2D eigenvalue weighted by Crippen LogP contribution is -2.52. The lowest BCUT2D eigenvalue weighted by molar-refractivity contribution is 0.120. The Morgan fingerprint density at radius 1 is 1.22 bits per heavy atom. The van der Waals surface area contributed by atoms with Crippen molar-refractivity contribution in [2.75, 3.05) is 51.3 Å². The third kappa shape index (κ3) is 4.12. The lowest BCUT2D eigenvalue weighted by atomic mass is 9.90. The number of hydrogen-bond acceptors (Lipinski definition) is 4. The molecule has 0 radical (unpaired) electrons. The first-order valence-corrected chi connectivity index (χ1v) is 8.56. The molecule has 0 aromatic heterocycles. The van der Waals surface area contributed by atoms with Crippen molar-refractivity contribution in [1.29, 1.82) is 0 Å². The van der Waals surface area contributed by atoms with Crippen LogP contribution in [0.25, 0.3) is 0 Å². The van der Waals surface area contributed by atoms with Gasteiger partial charge >= 0.3 is 0 Å². The highest BCUT2D eigenvalue weighted by molar-refractivity contribution is 7.99. The van der Waals surface area contributed by atoms with Gasteiger partial charge in [0.05, 0.1) is 0 Å². The van der Waals surface area contributed by atoms with E-state index >= 15 is 0 Å². The van der Waals surface area contributed by atoms with Gasteiger partial charge in [0.1, 0.15) is 0 Å². The number of thioether (sulfide) groups is 1. The van der Waals surface area contributed by atoms with Crippen LogP contribution < -0.4 is 5.32 Å². The van der Waals surface area contributed by atoms with E-state index in [1.165, 1.54) is 44.1 Å². The monoisotopic (exact) mass is 271 g/mol.